The van der Waals surface area contributed by atoms with E-state index in [4.69, 9.17) is 0 Å². The van der Waals surface area contributed by atoms with Crippen LogP contribution in [0.15, 0.2) is 30.5 Å². The molecule has 1 aliphatic carbocycles. The lowest BCUT2D eigenvalue weighted by Gasteiger charge is -2.35. The van der Waals surface area contributed by atoms with Crippen LogP contribution in [0.4, 0.5) is 0 Å². The molecular weight excluding hydrogens is 338 g/mol. The number of amides is 1. The molecule has 3 N–H and O–H groups in total. The number of hydrogen-bond donors (Lipinski definition) is 3. The van der Waals surface area contributed by atoms with Gasteiger partial charge in [-0.1, -0.05) is 37.5 Å². The van der Waals surface area contributed by atoms with Gasteiger partial charge < -0.3 is 10.3 Å². The number of fused-ring (bicyclic) bond motifs is 1. The van der Waals surface area contributed by atoms with E-state index in [1.54, 1.807) is 0 Å². The zero-order valence-corrected chi connectivity index (χ0v) is 15.3. The SMILES string of the molecule is CS(=O)(=O)NC1(C(=O)NCCc2c[nH]c3ccccc23)CCCCC1. The number of hydrogen-bond acceptors (Lipinski definition) is 3. The van der Waals surface area contributed by atoms with Gasteiger partial charge in [-0.05, 0) is 30.9 Å². The van der Waals surface area contributed by atoms with Crippen molar-refractivity contribution in [1.29, 1.82) is 0 Å². The van der Waals surface area contributed by atoms with E-state index in [-0.39, 0.29) is 5.91 Å². The molecule has 1 heterocycles. The van der Waals surface area contributed by atoms with Gasteiger partial charge >= 0.3 is 0 Å². The summed E-state index contributed by atoms with van der Waals surface area (Å²) in [4.78, 5) is 16.0. The predicted octanol–water partition coefficient (Wildman–Crippen LogP) is 2.08. The van der Waals surface area contributed by atoms with Crippen LogP contribution in [0.1, 0.15) is 37.7 Å². The molecule has 1 fully saturated rings. The standard InChI is InChI=1S/C18H25N3O3S/c1-25(23,24)21-18(10-5-2-6-11-18)17(22)19-12-9-14-13-20-16-8-4-3-7-15(14)16/h3-4,7-8,13,20-21H,2,5-6,9-12H2,1H3,(H,19,22). The van der Waals surface area contributed by atoms with Crippen LogP contribution in [0.5, 0.6) is 0 Å². The average Bonchev–Trinajstić information content (AvgIpc) is 2.97. The maximum Gasteiger partial charge on any atom is 0.241 e. The van der Waals surface area contributed by atoms with E-state index in [9.17, 15) is 13.2 Å². The van der Waals surface area contributed by atoms with Gasteiger partial charge in [0.1, 0.15) is 5.54 Å². The van der Waals surface area contributed by atoms with Crippen molar-refractivity contribution in [1.82, 2.24) is 15.0 Å². The molecule has 136 valence electrons. The lowest BCUT2D eigenvalue weighted by Crippen LogP contribution is -2.59. The van der Waals surface area contributed by atoms with E-state index >= 15 is 0 Å². The van der Waals surface area contributed by atoms with Crippen molar-refractivity contribution in [2.75, 3.05) is 12.8 Å². The van der Waals surface area contributed by atoms with Crippen molar-refractivity contribution < 1.29 is 13.2 Å². The van der Waals surface area contributed by atoms with Crippen LogP contribution in [-0.2, 0) is 21.2 Å². The smallest absolute Gasteiger partial charge is 0.241 e. The Labute approximate surface area is 148 Å². The van der Waals surface area contributed by atoms with Crippen molar-refractivity contribution in [2.24, 2.45) is 0 Å². The molecule has 6 nitrogen and oxygen atoms in total. The zero-order valence-electron chi connectivity index (χ0n) is 14.5. The third-order valence-electron chi connectivity index (χ3n) is 4.88. The van der Waals surface area contributed by atoms with Gasteiger partial charge in [-0.2, -0.15) is 4.72 Å². The first kappa shape index (κ1) is 17.9. The number of para-hydroxylation sites is 1. The molecule has 2 aromatic rings. The zero-order chi connectivity index (χ0) is 17.9. The molecule has 25 heavy (non-hydrogen) atoms. The summed E-state index contributed by atoms with van der Waals surface area (Å²) in [5.74, 6) is -0.211. The fraction of sp³-hybridized carbons (Fsp3) is 0.500. The molecule has 0 atom stereocenters. The Balaban J connectivity index is 1.65. The topological polar surface area (TPSA) is 91.1 Å². The summed E-state index contributed by atoms with van der Waals surface area (Å²) in [6, 6.07) is 8.04. The highest BCUT2D eigenvalue weighted by molar-refractivity contribution is 7.88. The summed E-state index contributed by atoms with van der Waals surface area (Å²) in [5, 5.41) is 4.09. The number of rotatable bonds is 6. The van der Waals surface area contributed by atoms with Gasteiger partial charge in [-0.25, -0.2) is 8.42 Å². The second-order valence-corrected chi connectivity index (χ2v) is 8.63. The van der Waals surface area contributed by atoms with Crippen LogP contribution in [0, 0.1) is 0 Å². The summed E-state index contributed by atoms with van der Waals surface area (Å²) in [6.45, 7) is 0.480. The van der Waals surface area contributed by atoms with Crippen LogP contribution in [0.2, 0.25) is 0 Å². The molecule has 1 aliphatic rings. The van der Waals surface area contributed by atoms with Crippen LogP contribution in [0.25, 0.3) is 10.9 Å². The molecule has 7 heteroatoms. The number of carbonyl (C=O) groups excluding carboxylic acids is 1. The Bertz CT molecular complexity index is 851. The van der Waals surface area contributed by atoms with E-state index in [0.29, 0.717) is 25.8 Å². The molecule has 1 aromatic carbocycles. The van der Waals surface area contributed by atoms with Gasteiger partial charge in [-0.3, -0.25) is 4.79 Å². The predicted molar refractivity (Wildman–Crippen MR) is 98.8 cm³/mol. The second kappa shape index (κ2) is 7.17. The molecule has 1 amide bonds. The first-order valence-corrected chi connectivity index (χ1v) is 10.6. The first-order valence-electron chi connectivity index (χ1n) is 8.72. The summed E-state index contributed by atoms with van der Waals surface area (Å²) in [6.07, 6.45) is 7.64. The molecule has 1 saturated carbocycles. The van der Waals surface area contributed by atoms with Crippen molar-refractivity contribution >= 4 is 26.8 Å². The Morgan fingerprint density at radius 1 is 1.20 bits per heavy atom. The molecule has 3 rings (SSSR count). The number of carbonyl (C=O) groups is 1. The van der Waals surface area contributed by atoms with Gasteiger partial charge in [0.05, 0.1) is 6.26 Å². The molecule has 0 radical (unpaired) electrons. The second-order valence-electron chi connectivity index (χ2n) is 6.88. The largest absolute Gasteiger partial charge is 0.361 e. The minimum Gasteiger partial charge on any atom is -0.361 e. The quantitative estimate of drug-likeness (QED) is 0.734. The lowest BCUT2D eigenvalue weighted by atomic mass is 9.82. The number of aromatic nitrogens is 1. The first-order chi connectivity index (χ1) is 11.9. The Morgan fingerprint density at radius 2 is 1.92 bits per heavy atom. The number of H-pyrrole nitrogens is 1. The minimum absolute atomic E-state index is 0.211. The maximum absolute atomic E-state index is 12.7. The van der Waals surface area contributed by atoms with Crippen LogP contribution in [0.3, 0.4) is 0 Å². The van der Waals surface area contributed by atoms with Crippen LogP contribution >= 0.6 is 0 Å². The van der Waals surface area contributed by atoms with E-state index in [2.05, 4.69) is 21.1 Å². The van der Waals surface area contributed by atoms with Crippen molar-refractivity contribution in [3.05, 3.63) is 36.0 Å². The summed E-state index contributed by atoms with van der Waals surface area (Å²) in [7, 11) is -3.44. The monoisotopic (exact) mass is 363 g/mol. The van der Waals surface area contributed by atoms with Crippen molar-refractivity contribution in [3.8, 4) is 0 Å². The third-order valence-corrected chi connectivity index (χ3v) is 5.64. The molecule has 0 aliphatic heterocycles. The van der Waals surface area contributed by atoms with Gasteiger partial charge in [0, 0.05) is 23.6 Å². The third kappa shape index (κ3) is 4.22. The number of benzene rings is 1. The average molecular weight is 363 g/mol. The molecular formula is C18H25N3O3S. The minimum atomic E-state index is -3.44. The highest BCUT2D eigenvalue weighted by Crippen LogP contribution is 2.29. The molecule has 0 saturated heterocycles. The number of sulfonamides is 1. The molecule has 1 aromatic heterocycles. The summed E-state index contributed by atoms with van der Waals surface area (Å²) in [5.41, 5.74) is 1.22. The van der Waals surface area contributed by atoms with Crippen molar-refractivity contribution in [2.45, 2.75) is 44.1 Å². The molecule has 0 unspecified atom stereocenters. The molecule has 0 spiro atoms. The van der Waals surface area contributed by atoms with E-state index < -0.39 is 15.6 Å². The molecule has 0 bridgehead atoms. The van der Waals surface area contributed by atoms with Gasteiger partial charge in [0.2, 0.25) is 15.9 Å². The van der Waals surface area contributed by atoms with E-state index in [1.807, 2.05) is 24.4 Å². The number of nitrogens with one attached hydrogen (secondary N) is 3. The van der Waals surface area contributed by atoms with E-state index in [0.717, 1.165) is 42.0 Å². The fourth-order valence-electron chi connectivity index (χ4n) is 3.70. The van der Waals surface area contributed by atoms with Gasteiger partial charge in [-0.15, -0.1) is 0 Å². The van der Waals surface area contributed by atoms with E-state index in [1.165, 1.54) is 0 Å². The Kier molecular flexibility index (Phi) is 5.15. The Hall–Kier alpha value is -1.86. The van der Waals surface area contributed by atoms with Crippen molar-refractivity contribution in [3.63, 3.8) is 0 Å². The summed E-state index contributed by atoms with van der Waals surface area (Å²) < 4.78 is 26.0. The highest BCUT2D eigenvalue weighted by Gasteiger charge is 2.41. The normalized spacial score (nSPS) is 17.5. The van der Waals surface area contributed by atoms with Crippen LogP contribution in [-0.4, -0.2) is 37.6 Å². The van der Waals surface area contributed by atoms with Crippen LogP contribution < -0.4 is 10.0 Å². The van der Waals surface area contributed by atoms with Gasteiger partial charge in [0.25, 0.3) is 0 Å². The summed E-state index contributed by atoms with van der Waals surface area (Å²) >= 11 is 0. The number of aromatic amines is 1. The Morgan fingerprint density at radius 3 is 2.64 bits per heavy atom. The maximum atomic E-state index is 12.7. The van der Waals surface area contributed by atoms with Gasteiger partial charge in [0.15, 0.2) is 0 Å². The lowest BCUT2D eigenvalue weighted by molar-refractivity contribution is -0.128. The highest BCUT2D eigenvalue weighted by atomic mass is 32.2. The fourth-order valence-corrected chi connectivity index (χ4v) is 4.71.